The molecule has 2 saturated heterocycles. The van der Waals surface area contributed by atoms with Crippen LogP contribution in [-0.2, 0) is 0 Å². The fourth-order valence-corrected chi connectivity index (χ4v) is 4.19. The van der Waals surface area contributed by atoms with E-state index >= 15 is 0 Å². The van der Waals surface area contributed by atoms with Crippen LogP contribution in [0.2, 0.25) is 5.02 Å². The van der Waals surface area contributed by atoms with Crippen molar-refractivity contribution in [1.82, 2.24) is 4.90 Å². The lowest BCUT2D eigenvalue weighted by Gasteiger charge is -2.32. The van der Waals surface area contributed by atoms with Gasteiger partial charge in [0.1, 0.15) is 0 Å². The first-order valence-electron chi connectivity index (χ1n) is 6.69. The van der Waals surface area contributed by atoms with Crippen LogP contribution in [0.25, 0.3) is 0 Å². The lowest BCUT2D eigenvalue weighted by molar-refractivity contribution is 0.254. The molecule has 2 aliphatic rings. The number of ether oxygens (including phenoxy) is 1. The first-order chi connectivity index (χ1) is 9.17. The van der Waals surface area contributed by atoms with Gasteiger partial charge in [0.2, 0.25) is 0 Å². The van der Waals surface area contributed by atoms with Crippen LogP contribution in [0.1, 0.15) is 12.8 Å². The molecule has 2 aliphatic heterocycles. The highest BCUT2D eigenvalue weighted by molar-refractivity contribution is 9.10. The zero-order chi connectivity index (χ0) is 13.4. The number of halogens is 2. The maximum absolute atomic E-state index is 6.14. The predicted octanol–water partition coefficient (Wildman–Crippen LogP) is 3.62. The van der Waals surface area contributed by atoms with Crippen LogP contribution in [0.5, 0.6) is 5.75 Å². The third kappa shape index (κ3) is 2.71. The largest absolute Gasteiger partial charge is 0.493 e. The number of anilines is 1. The minimum atomic E-state index is 0.526. The standard InChI is InChI=1S/C14H18BrClN2O/c1-19-14-11(15)6-10(16)7-13(14)17-12-3-5-18-4-2-9(12)8-18/h6-7,9,12,17H,2-5,8H2,1H3. The summed E-state index contributed by atoms with van der Waals surface area (Å²) < 4.78 is 6.37. The van der Waals surface area contributed by atoms with Gasteiger partial charge in [-0.1, -0.05) is 11.6 Å². The summed E-state index contributed by atoms with van der Waals surface area (Å²) in [4.78, 5) is 2.55. The molecule has 19 heavy (non-hydrogen) atoms. The quantitative estimate of drug-likeness (QED) is 0.905. The Kier molecular flexibility index (Phi) is 3.92. The van der Waals surface area contributed by atoms with E-state index in [1.165, 1.54) is 32.5 Å². The van der Waals surface area contributed by atoms with Gasteiger partial charge >= 0.3 is 0 Å². The van der Waals surface area contributed by atoms with E-state index in [2.05, 4.69) is 26.1 Å². The van der Waals surface area contributed by atoms with Crippen LogP contribution in [0.4, 0.5) is 5.69 Å². The van der Waals surface area contributed by atoms with Gasteiger partial charge in [0.15, 0.2) is 5.75 Å². The molecule has 2 bridgehead atoms. The summed E-state index contributed by atoms with van der Waals surface area (Å²) in [5, 5.41) is 4.36. The monoisotopic (exact) mass is 344 g/mol. The average molecular weight is 346 g/mol. The molecule has 0 aromatic heterocycles. The third-order valence-electron chi connectivity index (χ3n) is 4.19. The summed E-state index contributed by atoms with van der Waals surface area (Å²) in [6.45, 7) is 3.67. The van der Waals surface area contributed by atoms with Crippen molar-refractivity contribution in [2.24, 2.45) is 5.92 Å². The van der Waals surface area contributed by atoms with Gasteiger partial charge in [-0.3, -0.25) is 0 Å². The molecule has 3 unspecified atom stereocenters. The van der Waals surface area contributed by atoms with Crippen molar-refractivity contribution >= 4 is 33.2 Å². The molecule has 1 N–H and O–H groups in total. The summed E-state index contributed by atoms with van der Waals surface area (Å²) in [6.07, 6.45) is 2.49. The van der Waals surface area contributed by atoms with Crippen molar-refractivity contribution in [2.75, 3.05) is 32.1 Å². The number of piperidine rings is 1. The summed E-state index contributed by atoms with van der Waals surface area (Å²) in [6, 6.07) is 4.34. The van der Waals surface area contributed by atoms with Crippen LogP contribution in [0, 0.1) is 5.92 Å². The summed E-state index contributed by atoms with van der Waals surface area (Å²) in [5.41, 5.74) is 0.993. The van der Waals surface area contributed by atoms with Crippen LogP contribution in [0.3, 0.4) is 0 Å². The summed E-state index contributed by atoms with van der Waals surface area (Å²) in [7, 11) is 1.69. The molecule has 3 nitrogen and oxygen atoms in total. The first kappa shape index (κ1) is 13.5. The number of hydrogen-bond acceptors (Lipinski definition) is 3. The molecule has 0 amide bonds. The zero-order valence-electron chi connectivity index (χ0n) is 11.0. The highest BCUT2D eigenvalue weighted by Crippen LogP contribution is 2.38. The molecule has 0 spiro atoms. The van der Waals surface area contributed by atoms with E-state index in [4.69, 9.17) is 16.3 Å². The van der Waals surface area contributed by atoms with E-state index in [1.807, 2.05) is 12.1 Å². The molecule has 104 valence electrons. The molecular weight excluding hydrogens is 328 g/mol. The Morgan fingerprint density at radius 2 is 2.16 bits per heavy atom. The zero-order valence-corrected chi connectivity index (χ0v) is 13.3. The Balaban J connectivity index is 1.82. The minimum Gasteiger partial charge on any atom is -0.493 e. The summed E-state index contributed by atoms with van der Waals surface area (Å²) >= 11 is 9.65. The minimum absolute atomic E-state index is 0.526. The summed E-state index contributed by atoms with van der Waals surface area (Å²) in [5.74, 6) is 1.58. The van der Waals surface area contributed by atoms with Crippen LogP contribution in [-0.4, -0.2) is 37.7 Å². The van der Waals surface area contributed by atoms with Crippen LogP contribution in [0.15, 0.2) is 16.6 Å². The van der Waals surface area contributed by atoms with Gasteiger partial charge in [-0.05, 0) is 53.4 Å². The van der Waals surface area contributed by atoms with E-state index < -0.39 is 0 Å². The molecule has 1 aromatic rings. The molecule has 2 fully saturated rings. The van der Waals surface area contributed by atoms with E-state index in [0.717, 1.165) is 26.9 Å². The van der Waals surface area contributed by atoms with Gasteiger partial charge in [0.25, 0.3) is 0 Å². The number of hydrogen-bond donors (Lipinski definition) is 1. The smallest absolute Gasteiger partial charge is 0.156 e. The normalized spacial score (nSPS) is 29.3. The highest BCUT2D eigenvalue weighted by Gasteiger charge is 2.34. The first-order valence-corrected chi connectivity index (χ1v) is 7.86. The van der Waals surface area contributed by atoms with Crippen molar-refractivity contribution in [2.45, 2.75) is 18.9 Å². The predicted molar refractivity (Wildman–Crippen MR) is 82.3 cm³/mol. The van der Waals surface area contributed by atoms with Gasteiger partial charge < -0.3 is 15.0 Å². The lowest BCUT2D eigenvalue weighted by Crippen LogP contribution is -2.39. The molecule has 5 heteroatoms. The molecule has 0 saturated carbocycles. The maximum Gasteiger partial charge on any atom is 0.156 e. The Hall–Kier alpha value is -0.450. The fraction of sp³-hybridized carbons (Fsp3) is 0.571. The SMILES string of the molecule is COc1c(Br)cc(Cl)cc1NC1CCN2CCC1C2. The number of methoxy groups -OCH3 is 1. The Labute approximate surface area is 127 Å². The third-order valence-corrected chi connectivity index (χ3v) is 4.99. The fourth-order valence-electron chi connectivity index (χ4n) is 3.22. The lowest BCUT2D eigenvalue weighted by atomic mass is 9.94. The van der Waals surface area contributed by atoms with Gasteiger partial charge in [0, 0.05) is 24.2 Å². The Morgan fingerprint density at radius 3 is 2.95 bits per heavy atom. The molecular formula is C14H18BrClN2O. The second-order valence-electron chi connectivity index (χ2n) is 5.36. The van der Waals surface area contributed by atoms with Gasteiger partial charge in [-0.25, -0.2) is 0 Å². The number of rotatable bonds is 3. The molecule has 3 atom stereocenters. The second-order valence-corrected chi connectivity index (χ2v) is 6.65. The molecule has 0 radical (unpaired) electrons. The topological polar surface area (TPSA) is 24.5 Å². The van der Waals surface area contributed by atoms with Crippen molar-refractivity contribution in [3.05, 3.63) is 21.6 Å². The van der Waals surface area contributed by atoms with Crippen molar-refractivity contribution in [1.29, 1.82) is 0 Å². The molecule has 0 aliphatic carbocycles. The van der Waals surface area contributed by atoms with Crippen molar-refractivity contribution in [3.63, 3.8) is 0 Å². The van der Waals surface area contributed by atoms with Crippen LogP contribution < -0.4 is 10.1 Å². The average Bonchev–Trinajstić information content (AvgIpc) is 2.75. The van der Waals surface area contributed by atoms with E-state index in [9.17, 15) is 0 Å². The van der Waals surface area contributed by atoms with Crippen LogP contribution >= 0.6 is 27.5 Å². The van der Waals surface area contributed by atoms with Crippen molar-refractivity contribution in [3.8, 4) is 5.75 Å². The van der Waals surface area contributed by atoms with Gasteiger partial charge in [-0.15, -0.1) is 0 Å². The molecule has 3 rings (SSSR count). The van der Waals surface area contributed by atoms with Gasteiger partial charge in [-0.2, -0.15) is 0 Å². The maximum atomic E-state index is 6.14. The van der Waals surface area contributed by atoms with Crippen molar-refractivity contribution < 1.29 is 4.74 Å². The van der Waals surface area contributed by atoms with E-state index in [-0.39, 0.29) is 0 Å². The van der Waals surface area contributed by atoms with Gasteiger partial charge in [0.05, 0.1) is 17.3 Å². The Bertz CT molecular complexity index is 483. The number of benzene rings is 1. The molecule has 2 heterocycles. The highest BCUT2D eigenvalue weighted by atomic mass is 79.9. The van der Waals surface area contributed by atoms with E-state index in [0.29, 0.717) is 6.04 Å². The van der Waals surface area contributed by atoms with E-state index in [1.54, 1.807) is 7.11 Å². The molecule has 1 aromatic carbocycles. The Morgan fingerprint density at radius 1 is 1.37 bits per heavy atom. The second kappa shape index (κ2) is 5.51. The number of nitrogens with one attached hydrogen (secondary N) is 1. The number of nitrogens with zero attached hydrogens (tertiary/aromatic N) is 1. The number of fused-ring (bicyclic) bond motifs is 2.